The van der Waals surface area contributed by atoms with E-state index in [-0.39, 0.29) is 12.2 Å². The Kier molecular flexibility index (Phi) is 5.43. The van der Waals surface area contributed by atoms with Gasteiger partial charge in [0.05, 0.1) is 27.4 Å². The average molecular weight is 591 g/mol. The highest BCUT2D eigenvalue weighted by Gasteiger charge is 2.26. The van der Waals surface area contributed by atoms with E-state index >= 15 is 0 Å². The quantitative estimate of drug-likeness (QED) is 0.220. The molecule has 0 bridgehead atoms. The van der Waals surface area contributed by atoms with E-state index in [9.17, 15) is 0 Å². The van der Waals surface area contributed by atoms with Crippen LogP contribution in [-0.2, 0) is 0 Å². The van der Waals surface area contributed by atoms with Gasteiger partial charge in [0, 0.05) is 49.5 Å². The zero-order valence-corrected chi connectivity index (χ0v) is 25.1. The topological polar surface area (TPSA) is 34.2 Å². The maximum Gasteiger partial charge on any atom is 0.201 e. The van der Waals surface area contributed by atoms with Crippen LogP contribution in [0.15, 0.2) is 157 Å². The summed E-state index contributed by atoms with van der Waals surface area (Å²) in [5, 5.41) is 13.7. The zero-order valence-electron chi connectivity index (χ0n) is 25.1. The minimum absolute atomic E-state index is 0.276. The van der Waals surface area contributed by atoms with Crippen molar-refractivity contribution in [3.63, 3.8) is 0 Å². The van der Waals surface area contributed by atoms with E-state index in [1.54, 1.807) is 0 Å². The van der Waals surface area contributed by atoms with Crippen LogP contribution in [0.5, 0.6) is 0 Å². The lowest BCUT2D eigenvalue weighted by molar-refractivity contribution is 0.473. The number of fused-ring (bicyclic) bond motifs is 10. The molecule has 2 aromatic heterocycles. The lowest BCUT2D eigenvalue weighted by atomic mass is 9.94. The number of allylic oxidation sites excluding steroid dienone is 3. The van der Waals surface area contributed by atoms with E-state index in [0.717, 1.165) is 11.8 Å². The van der Waals surface area contributed by atoms with Crippen molar-refractivity contribution in [2.75, 3.05) is 0 Å². The predicted molar refractivity (Wildman–Crippen MR) is 190 cm³/mol. The third kappa shape index (κ3) is 3.58. The molecule has 218 valence electrons. The fourth-order valence-corrected chi connectivity index (χ4v) is 7.89. The summed E-state index contributed by atoms with van der Waals surface area (Å²) >= 11 is 0. The molecule has 6 aromatic carbocycles. The van der Waals surface area contributed by atoms with Crippen LogP contribution >= 0.6 is 0 Å². The van der Waals surface area contributed by atoms with Gasteiger partial charge in [0.2, 0.25) is 6.29 Å². The fourth-order valence-electron chi connectivity index (χ4n) is 7.89. The van der Waals surface area contributed by atoms with Crippen molar-refractivity contribution in [3.05, 3.63) is 162 Å². The summed E-state index contributed by atoms with van der Waals surface area (Å²) in [6.07, 6.45) is 9.55. The average Bonchev–Trinajstić information content (AvgIpc) is 3.65. The Balaban J connectivity index is 1.30. The molecule has 0 amide bonds. The van der Waals surface area contributed by atoms with Crippen LogP contribution in [0.25, 0.3) is 65.8 Å². The van der Waals surface area contributed by atoms with Crippen molar-refractivity contribution in [3.8, 4) is 5.69 Å². The van der Waals surface area contributed by atoms with Gasteiger partial charge in [-0.05, 0) is 48.2 Å². The Morgan fingerprint density at radius 1 is 0.587 bits per heavy atom. The first-order valence-electron chi connectivity index (χ1n) is 16.0. The summed E-state index contributed by atoms with van der Waals surface area (Å²) in [6.45, 7) is 0. The Hall–Kier alpha value is -5.87. The molecule has 0 fully saturated rings. The van der Waals surface area contributed by atoms with Crippen molar-refractivity contribution in [1.29, 1.82) is 0 Å². The molecular weight excluding hydrogens is 560 g/mol. The van der Waals surface area contributed by atoms with E-state index in [4.69, 9.17) is 4.99 Å². The lowest BCUT2D eigenvalue weighted by Crippen LogP contribution is -2.43. The van der Waals surface area contributed by atoms with Gasteiger partial charge in [-0.1, -0.05) is 115 Å². The molecule has 10 rings (SSSR count). The van der Waals surface area contributed by atoms with Crippen LogP contribution in [0.2, 0.25) is 0 Å². The smallest absolute Gasteiger partial charge is 0.201 e. The first kappa shape index (κ1) is 25.5. The van der Waals surface area contributed by atoms with Crippen molar-refractivity contribution in [1.82, 2.24) is 14.5 Å². The van der Waals surface area contributed by atoms with Crippen molar-refractivity contribution in [2.45, 2.75) is 12.7 Å². The molecule has 1 N–H and O–H groups in total. The second-order valence-corrected chi connectivity index (χ2v) is 12.3. The second kappa shape index (κ2) is 9.82. The summed E-state index contributed by atoms with van der Waals surface area (Å²) in [5.74, 6) is 0.276. The van der Waals surface area contributed by atoms with E-state index in [1.165, 1.54) is 71.0 Å². The highest BCUT2D eigenvalue weighted by molar-refractivity contribution is 6.27. The van der Waals surface area contributed by atoms with Crippen LogP contribution in [0.4, 0.5) is 0 Å². The largest absolute Gasteiger partial charge is 0.349 e. The molecule has 8 aromatic rings. The van der Waals surface area contributed by atoms with Crippen molar-refractivity contribution in [2.24, 2.45) is 10.9 Å². The van der Waals surface area contributed by atoms with Gasteiger partial charge in [0.15, 0.2) is 0 Å². The third-order valence-electron chi connectivity index (χ3n) is 9.85. The highest BCUT2D eigenvalue weighted by atomic mass is 15.3. The van der Waals surface area contributed by atoms with Crippen LogP contribution in [0, 0.1) is 5.92 Å². The highest BCUT2D eigenvalue weighted by Crippen LogP contribution is 2.42. The Labute approximate surface area is 265 Å². The first-order valence-corrected chi connectivity index (χ1v) is 16.0. The second-order valence-electron chi connectivity index (χ2n) is 12.3. The van der Waals surface area contributed by atoms with Gasteiger partial charge >= 0.3 is 0 Å². The summed E-state index contributed by atoms with van der Waals surface area (Å²) in [6, 6.07) is 46.1. The SMILES string of the molecule is C1=CCC(C2=c3ccccc3=NC(n3c4ccccc4c4ccc5c(ccc6c5c5ccccc5n6-c5ccccc5)c43)N2)C=C1. The molecule has 2 atom stereocenters. The minimum Gasteiger partial charge on any atom is -0.349 e. The lowest BCUT2D eigenvalue weighted by Gasteiger charge is -2.29. The summed E-state index contributed by atoms with van der Waals surface area (Å²) in [4.78, 5) is 5.38. The number of hydrogen-bond donors (Lipinski definition) is 1. The predicted octanol–water partition coefficient (Wildman–Crippen LogP) is 8.66. The van der Waals surface area contributed by atoms with Crippen molar-refractivity contribution < 1.29 is 0 Å². The van der Waals surface area contributed by atoms with Crippen molar-refractivity contribution >= 4 is 60.1 Å². The molecule has 2 aliphatic rings. The maximum atomic E-state index is 5.38. The molecule has 4 nitrogen and oxygen atoms in total. The normalized spacial score (nSPS) is 17.6. The Morgan fingerprint density at radius 2 is 1.30 bits per heavy atom. The molecule has 1 aliphatic carbocycles. The van der Waals surface area contributed by atoms with Crippen LogP contribution < -0.4 is 15.9 Å². The molecule has 4 heteroatoms. The number of nitrogens with one attached hydrogen (secondary N) is 1. The Morgan fingerprint density at radius 3 is 2.17 bits per heavy atom. The molecule has 0 radical (unpaired) electrons. The number of nitrogens with zero attached hydrogens (tertiary/aromatic N) is 3. The molecule has 0 spiro atoms. The number of aromatic nitrogens is 2. The van der Waals surface area contributed by atoms with Gasteiger partial charge in [0.1, 0.15) is 0 Å². The van der Waals surface area contributed by atoms with E-state index in [1.807, 2.05) is 0 Å². The van der Waals surface area contributed by atoms with Gasteiger partial charge in [-0.15, -0.1) is 0 Å². The monoisotopic (exact) mass is 590 g/mol. The van der Waals surface area contributed by atoms with Crippen LogP contribution in [-0.4, -0.2) is 9.13 Å². The number of rotatable bonds is 3. The molecule has 0 saturated heterocycles. The number of hydrogen-bond acceptors (Lipinski definition) is 2. The number of benzene rings is 6. The van der Waals surface area contributed by atoms with Gasteiger partial charge in [-0.3, -0.25) is 0 Å². The Bertz CT molecular complexity index is 2710. The maximum absolute atomic E-state index is 5.38. The van der Waals surface area contributed by atoms with Gasteiger partial charge in [-0.25, -0.2) is 4.99 Å². The zero-order chi connectivity index (χ0) is 30.2. The van der Waals surface area contributed by atoms with Gasteiger partial charge in [0.25, 0.3) is 0 Å². The molecule has 1 aliphatic heterocycles. The van der Waals surface area contributed by atoms with Gasteiger partial charge in [-0.2, -0.15) is 0 Å². The van der Waals surface area contributed by atoms with E-state index in [0.29, 0.717) is 0 Å². The third-order valence-corrected chi connectivity index (χ3v) is 9.85. The van der Waals surface area contributed by atoms with E-state index < -0.39 is 0 Å². The summed E-state index contributed by atoms with van der Waals surface area (Å²) < 4.78 is 4.83. The van der Waals surface area contributed by atoms with Crippen LogP contribution in [0.1, 0.15) is 12.7 Å². The van der Waals surface area contributed by atoms with Crippen LogP contribution in [0.3, 0.4) is 0 Å². The van der Waals surface area contributed by atoms with Gasteiger partial charge < -0.3 is 14.5 Å². The summed E-state index contributed by atoms with van der Waals surface area (Å²) in [5.41, 5.74) is 7.21. The fraction of sp³-hybridized carbons (Fsp3) is 0.0714. The molecule has 2 unspecified atom stereocenters. The minimum atomic E-state index is -0.293. The molecule has 46 heavy (non-hydrogen) atoms. The summed E-state index contributed by atoms with van der Waals surface area (Å²) in [7, 11) is 0. The number of para-hydroxylation sites is 4. The van der Waals surface area contributed by atoms with E-state index in [2.05, 4.69) is 166 Å². The molecular formula is C42H30N4. The first-order chi connectivity index (χ1) is 22.8. The molecule has 3 heterocycles. The standard InChI is InChI=1S/C42H30N4/c1-3-13-27(14-4-1)40-33-18-7-10-20-35(33)43-42(44-40)46-36-21-11-8-17-29(36)31-24-23-30-32(41(31)46)25-26-38-39(30)34-19-9-12-22-37(34)45(38)28-15-5-2-6-16-28/h1-13,15-27,42,44H,14H2. The molecule has 0 saturated carbocycles.